The van der Waals surface area contributed by atoms with Gasteiger partial charge in [-0.15, -0.1) is 0 Å². The summed E-state index contributed by atoms with van der Waals surface area (Å²) >= 11 is 0. The third kappa shape index (κ3) is 4.26. The van der Waals surface area contributed by atoms with Gasteiger partial charge in [-0.2, -0.15) is 0 Å². The fraction of sp³-hybridized carbons (Fsp3) is 0.188. The summed E-state index contributed by atoms with van der Waals surface area (Å²) in [5, 5.41) is 25.6. The maximum absolute atomic E-state index is 13.5. The summed E-state index contributed by atoms with van der Waals surface area (Å²) in [5.74, 6) is -0.568. The highest BCUT2D eigenvalue weighted by molar-refractivity contribution is 5.89. The molecule has 2 aromatic rings. The maximum Gasteiger partial charge on any atom is 0.319 e. The van der Waals surface area contributed by atoms with Crippen molar-refractivity contribution in [2.75, 3.05) is 11.9 Å². The van der Waals surface area contributed by atoms with Crippen LogP contribution in [-0.4, -0.2) is 22.6 Å². The molecule has 0 saturated heterocycles. The number of aliphatic hydroxyl groups excluding tert-OH is 1. The largest absolute Gasteiger partial charge is 0.386 e. The second-order valence-corrected chi connectivity index (χ2v) is 5.13. The van der Waals surface area contributed by atoms with Gasteiger partial charge in [0, 0.05) is 29.4 Å². The van der Waals surface area contributed by atoms with Crippen LogP contribution in [0.3, 0.4) is 0 Å². The fourth-order valence-electron chi connectivity index (χ4n) is 2.10. The van der Waals surface area contributed by atoms with Gasteiger partial charge in [0.05, 0.1) is 11.0 Å². The molecule has 2 amide bonds. The first-order valence-corrected chi connectivity index (χ1v) is 7.11. The molecule has 0 aliphatic heterocycles. The quantitative estimate of drug-likeness (QED) is 0.578. The van der Waals surface area contributed by atoms with Gasteiger partial charge in [-0.3, -0.25) is 10.1 Å². The van der Waals surface area contributed by atoms with E-state index in [2.05, 4.69) is 10.6 Å². The average Bonchev–Trinajstić information content (AvgIpc) is 2.54. The third-order valence-corrected chi connectivity index (χ3v) is 3.38. The van der Waals surface area contributed by atoms with Crippen LogP contribution in [0.2, 0.25) is 0 Å². The van der Waals surface area contributed by atoms with Crippen LogP contribution in [0.15, 0.2) is 42.5 Å². The van der Waals surface area contributed by atoms with Gasteiger partial charge >= 0.3 is 6.03 Å². The predicted octanol–water partition coefficient (Wildman–Crippen LogP) is 2.90. The van der Waals surface area contributed by atoms with Crippen molar-refractivity contribution in [1.82, 2.24) is 5.32 Å². The molecule has 0 aliphatic carbocycles. The number of aliphatic hydroxyl groups is 1. The number of rotatable bonds is 5. The van der Waals surface area contributed by atoms with E-state index in [1.165, 1.54) is 36.4 Å². The van der Waals surface area contributed by atoms with Gasteiger partial charge in [0.25, 0.3) is 5.69 Å². The minimum atomic E-state index is -1.20. The Bertz CT molecular complexity index is 767. The molecule has 0 spiro atoms. The summed E-state index contributed by atoms with van der Waals surface area (Å²) in [6, 6.07) is 9.32. The Balaban J connectivity index is 1.95. The lowest BCUT2D eigenvalue weighted by atomic mass is 10.1. The zero-order valence-electron chi connectivity index (χ0n) is 12.8. The first kappa shape index (κ1) is 17.4. The zero-order valence-corrected chi connectivity index (χ0v) is 12.8. The van der Waals surface area contributed by atoms with E-state index in [0.29, 0.717) is 5.56 Å². The molecular weight excluding hydrogens is 317 g/mol. The lowest BCUT2D eigenvalue weighted by molar-refractivity contribution is -0.385. The van der Waals surface area contributed by atoms with Crippen molar-refractivity contribution in [2.45, 2.75) is 13.0 Å². The van der Waals surface area contributed by atoms with Crippen LogP contribution < -0.4 is 10.6 Å². The van der Waals surface area contributed by atoms with Crippen LogP contribution in [0, 0.1) is 22.9 Å². The molecule has 2 aromatic carbocycles. The van der Waals surface area contributed by atoms with Gasteiger partial charge in [0.2, 0.25) is 0 Å². The molecule has 8 heteroatoms. The number of nitro groups is 1. The molecule has 126 valence electrons. The Morgan fingerprint density at radius 2 is 2.04 bits per heavy atom. The van der Waals surface area contributed by atoms with Gasteiger partial charge in [0.1, 0.15) is 5.82 Å². The highest BCUT2D eigenvalue weighted by Crippen LogP contribution is 2.22. The Morgan fingerprint density at radius 3 is 2.71 bits per heavy atom. The molecule has 0 unspecified atom stereocenters. The van der Waals surface area contributed by atoms with Crippen LogP contribution >= 0.6 is 0 Å². The van der Waals surface area contributed by atoms with Crippen molar-refractivity contribution < 1.29 is 19.2 Å². The first-order valence-electron chi connectivity index (χ1n) is 7.11. The molecule has 1 atom stereocenters. The second kappa shape index (κ2) is 7.51. The topological polar surface area (TPSA) is 104 Å². The molecule has 0 aliphatic rings. The van der Waals surface area contributed by atoms with Crippen LogP contribution in [0.5, 0.6) is 0 Å². The van der Waals surface area contributed by atoms with E-state index >= 15 is 0 Å². The highest BCUT2D eigenvalue weighted by Gasteiger charge is 2.15. The molecule has 0 aromatic heterocycles. The van der Waals surface area contributed by atoms with Gasteiger partial charge in [-0.25, -0.2) is 9.18 Å². The Labute approximate surface area is 137 Å². The molecule has 24 heavy (non-hydrogen) atoms. The summed E-state index contributed by atoms with van der Waals surface area (Å²) in [6.45, 7) is 1.38. The molecule has 7 nitrogen and oxygen atoms in total. The number of halogens is 1. The lowest BCUT2D eigenvalue weighted by Gasteiger charge is -2.13. The standard InChI is InChI=1S/C16H16FN3O4/c1-10-6-7-11(8-14(10)20(23)24)19-16(22)18-9-15(21)12-4-2-3-5-13(12)17/h2-8,15,21H,9H2,1H3,(H2,18,19,22)/t15-/m1/s1. The Morgan fingerprint density at radius 1 is 1.33 bits per heavy atom. The number of carbonyl (C=O) groups is 1. The van der Waals surface area contributed by atoms with Crippen molar-refractivity contribution >= 4 is 17.4 Å². The Kier molecular flexibility index (Phi) is 5.43. The number of carbonyl (C=O) groups excluding carboxylic acids is 1. The van der Waals surface area contributed by atoms with E-state index in [-0.39, 0.29) is 23.5 Å². The average molecular weight is 333 g/mol. The number of hydrogen-bond donors (Lipinski definition) is 3. The molecule has 0 saturated carbocycles. The van der Waals surface area contributed by atoms with Crippen LogP contribution in [-0.2, 0) is 0 Å². The minimum Gasteiger partial charge on any atom is -0.386 e. The Hall–Kier alpha value is -3.00. The second-order valence-electron chi connectivity index (χ2n) is 5.13. The van der Waals surface area contributed by atoms with E-state index < -0.39 is 22.9 Å². The van der Waals surface area contributed by atoms with E-state index in [1.54, 1.807) is 13.0 Å². The number of anilines is 1. The molecular formula is C16H16FN3O4. The lowest BCUT2D eigenvalue weighted by Crippen LogP contribution is -2.32. The van der Waals surface area contributed by atoms with E-state index in [0.717, 1.165) is 0 Å². The van der Waals surface area contributed by atoms with Crippen LogP contribution in [0.4, 0.5) is 20.6 Å². The van der Waals surface area contributed by atoms with E-state index in [4.69, 9.17) is 0 Å². The van der Waals surface area contributed by atoms with Crippen molar-refractivity contribution in [3.05, 3.63) is 69.5 Å². The van der Waals surface area contributed by atoms with Gasteiger partial charge in [-0.1, -0.05) is 24.3 Å². The van der Waals surface area contributed by atoms with Crippen molar-refractivity contribution in [3.63, 3.8) is 0 Å². The van der Waals surface area contributed by atoms with Crippen molar-refractivity contribution in [2.24, 2.45) is 0 Å². The number of hydrogen-bond acceptors (Lipinski definition) is 4. The normalized spacial score (nSPS) is 11.6. The zero-order chi connectivity index (χ0) is 17.7. The van der Waals surface area contributed by atoms with E-state index in [1.807, 2.05) is 0 Å². The summed E-state index contributed by atoms with van der Waals surface area (Å²) in [4.78, 5) is 22.1. The number of amides is 2. The molecule has 2 rings (SSSR count). The maximum atomic E-state index is 13.5. The van der Waals surface area contributed by atoms with Crippen LogP contribution in [0.25, 0.3) is 0 Å². The molecule has 0 fully saturated rings. The highest BCUT2D eigenvalue weighted by atomic mass is 19.1. The van der Waals surface area contributed by atoms with Gasteiger partial charge < -0.3 is 15.7 Å². The van der Waals surface area contributed by atoms with E-state index in [9.17, 15) is 24.4 Å². The smallest absolute Gasteiger partial charge is 0.319 e. The number of aryl methyl sites for hydroxylation is 1. The van der Waals surface area contributed by atoms with Gasteiger partial charge in [0.15, 0.2) is 0 Å². The fourth-order valence-corrected chi connectivity index (χ4v) is 2.10. The molecule has 3 N–H and O–H groups in total. The summed E-state index contributed by atoms with van der Waals surface area (Å²) < 4.78 is 13.5. The van der Waals surface area contributed by atoms with Crippen LogP contribution in [0.1, 0.15) is 17.2 Å². The number of nitrogens with zero attached hydrogens (tertiary/aromatic N) is 1. The molecule has 0 bridgehead atoms. The first-order chi connectivity index (χ1) is 11.4. The van der Waals surface area contributed by atoms with Gasteiger partial charge in [-0.05, 0) is 19.1 Å². The van der Waals surface area contributed by atoms with Crippen molar-refractivity contribution in [3.8, 4) is 0 Å². The monoisotopic (exact) mass is 333 g/mol. The molecule has 0 radical (unpaired) electrons. The minimum absolute atomic E-state index is 0.0729. The number of nitro benzene ring substituents is 1. The van der Waals surface area contributed by atoms with Crippen molar-refractivity contribution in [1.29, 1.82) is 0 Å². The number of nitrogens with one attached hydrogen (secondary N) is 2. The third-order valence-electron chi connectivity index (χ3n) is 3.38. The summed E-state index contributed by atoms with van der Waals surface area (Å²) in [5.41, 5.74) is 0.675. The predicted molar refractivity (Wildman–Crippen MR) is 86.2 cm³/mol. The number of urea groups is 1. The summed E-state index contributed by atoms with van der Waals surface area (Å²) in [7, 11) is 0. The number of benzene rings is 2. The SMILES string of the molecule is Cc1ccc(NC(=O)NC[C@@H](O)c2ccccc2F)cc1[N+](=O)[O-]. The molecule has 0 heterocycles. The summed E-state index contributed by atoms with van der Waals surface area (Å²) in [6.07, 6.45) is -1.20.